The molecule has 0 saturated heterocycles. The molecular formula is C16H18N4S. The van der Waals surface area contributed by atoms with Gasteiger partial charge in [-0.15, -0.1) is 11.3 Å². The van der Waals surface area contributed by atoms with Crippen LogP contribution in [0.15, 0.2) is 48.9 Å². The summed E-state index contributed by atoms with van der Waals surface area (Å²) in [5.41, 5.74) is 1.10. The van der Waals surface area contributed by atoms with Crippen LogP contribution in [0.25, 0.3) is 5.69 Å². The summed E-state index contributed by atoms with van der Waals surface area (Å²) in [6.07, 6.45) is 6.76. The SMILES string of the molecule is CCc1cnc(C(C)Nc2nccn2-c2ccccc2)s1. The van der Waals surface area contributed by atoms with Gasteiger partial charge >= 0.3 is 0 Å². The van der Waals surface area contributed by atoms with Gasteiger partial charge in [-0.1, -0.05) is 25.1 Å². The van der Waals surface area contributed by atoms with E-state index in [9.17, 15) is 0 Å². The zero-order valence-electron chi connectivity index (χ0n) is 12.2. The van der Waals surface area contributed by atoms with E-state index in [1.807, 2.05) is 35.2 Å². The van der Waals surface area contributed by atoms with Crippen LogP contribution >= 0.6 is 11.3 Å². The van der Waals surface area contributed by atoms with Gasteiger partial charge in [0.05, 0.1) is 6.04 Å². The van der Waals surface area contributed by atoms with Crippen LogP contribution in [0.5, 0.6) is 0 Å². The minimum atomic E-state index is 0.139. The molecule has 0 radical (unpaired) electrons. The van der Waals surface area contributed by atoms with Gasteiger partial charge < -0.3 is 5.32 Å². The molecule has 2 aromatic heterocycles. The van der Waals surface area contributed by atoms with Crippen LogP contribution in [0.4, 0.5) is 5.95 Å². The lowest BCUT2D eigenvalue weighted by Crippen LogP contribution is -2.10. The van der Waals surface area contributed by atoms with Crippen molar-refractivity contribution in [3.05, 3.63) is 58.8 Å². The maximum atomic E-state index is 4.49. The van der Waals surface area contributed by atoms with Crippen molar-refractivity contribution in [1.29, 1.82) is 0 Å². The summed E-state index contributed by atoms with van der Waals surface area (Å²) in [7, 11) is 0. The molecule has 0 saturated carbocycles. The normalized spacial score (nSPS) is 12.3. The van der Waals surface area contributed by atoms with Crippen LogP contribution in [0, 0.1) is 0 Å². The maximum absolute atomic E-state index is 4.49. The van der Waals surface area contributed by atoms with Crippen molar-refractivity contribution in [1.82, 2.24) is 14.5 Å². The molecule has 4 nitrogen and oxygen atoms in total. The van der Waals surface area contributed by atoms with Crippen LogP contribution in [0.1, 0.15) is 29.8 Å². The number of aryl methyl sites for hydroxylation is 1. The van der Waals surface area contributed by atoms with E-state index in [1.54, 1.807) is 17.5 Å². The summed E-state index contributed by atoms with van der Waals surface area (Å²) in [6.45, 7) is 4.26. The largest absolute Gasteiger partial charge is 0.346 e. The highest BCUT2D eigenvalue weighted by atomic mass is 32.1. The molecule has 2 heterocycles. The highest BCUT2D eigenvalue weighted by Crippen LogP contribution is 2.24. The lowest BCUT2D eigenvalue weighted by Gasteiger charge is -2.14. The molecule has 1 aromatic carbocycles. The van der Waals surface area contributed by atoms with Crippen LogP contribution in [-0.4, -0.2) is 14.5 Å². The molecule has 1 atom stereocenters. The third-order valence-corrected chi connectivity index (χ3v) is 4.64. The fourth-order valence-electron chi connectivity index (χ4n) is 2.15. The molecule has 0 fully saturated rings. The smallest absolute Gasteiger partial charge is 0.208 e. The Labute approximate surface area is 128 Å². The minimum absolute atomic E-state index is 0.139. The lowest BCUT2D eigenvalue weighted by atomic mass is 10.3. The van der Waals surface area contributed by atoms with E-state index in [1.165, 1.54) is 4.88 Å². The molecule has 0 bridgehead atoms. The molecule has 3 rings (SSSR count). The monoisotopic (exact) mass is 298 g/mol. The van der Waals surface area contributed by atoms with E-state index in [2.05, 4.69) is 41.3 Å². The molecular weight excluding hydrogens is 280 g/mol. The van der Waals surface area contributed by atoms with Gasteiger partial charge in [0.2, 0.25) is 5.95 Å². The van der Waals surface area contributed by atoms with Gasteiger partial charge in [-0.2, -0.15) is 0 Å². The second-order valence-corrected chi connectivity index (χ2v) is 5.99. The van der Waals surface area contributed by atoms with Gasteiger partial charge in [-0.25, -0.2) is 9.97 Å². The van der Waals surface area contributed by atoms with Crippen molar-refractivity contribution in [2.45, 2.75) is 26.3 Å². The van der Waals surface area contributed by atoms with E-state index in [0.29, 0.717) is 0 Å². The number of hydrogen-bond acceptors (Lipinski definition) is 4. The Morgan fingerprint density at radius 3 is 2.76 bits per heavy atom. The Kier molecular flexibility index (Phi) is 4.01. The first-order valence-corrected chi connectivity index (χ1v) is 7.89. The number of anilines is 1. The Morgan fingerprint density at radius 1 is 1.24 bits per heavy atom. The maximum Gasteiger partial charge on any atom is 0.208 e. The average molecular weight is 298 g/mol. The number of aromatic nitrogens is 3. The minimum Gasteiger partial charge on any atom is -0.346 e. The number of nitrogens with one attached hydrogen (secondary N) is 1. The Hall–Kier alpha value is -2.14. The van der Waals surface area contributed by atoms with Crippen molar-refractivity contribution in [2.24, 2.45) is 0 Å². The second kappa shape index (κ2) is 6.10. The first-order chi connectivity index (χ1) is 10.3. The van der Waals surface area contributed by atoms with Crippen LogP contribution < -0.4 is 5.32 Å². The number of nitrogens with zero attached hydrogens (tertiary/aromatic N) is 3. The second-order valence-electron chi connectivity index (χ2n) is 4.84. The number of benzene rings is 1. The van der Waals surface area contributed by atoms with Gasteiger partial charge in [-0.05, 0) is 25.5 Å². The quantitative estimate of drug-likeness (QED) is 0.772. The number of thiazole rings is 1. The fraction of sp³-hybridized carbons (Fsp3) is 0.250. The summed E-state index contributed by atoms with van der Waals surface area (Å²) < 4.78 is 2.05. The summed E-state index contributed by atoms with van der Waals surface area (Å²) in [4.78, 5) is 10.2. The molecule has 21 heavy (non-hydrogen) atoms. The topological polar surface area (TPSA) is 42.7 Å². The lowest BCUT2D eigenvalue weighted by molar-refractivity contribution is 0.840. The zero-order valence-corrected chi connectivity index (χ0v) is 13.0. The Morgan fingerprint density at radius 2 is 2.05 bits per heavy atom. The van der Waals surface area contributed by atoms with Crippen molar-refractivity contribution in [2.75, 3.05) is 5.32 Å². The van der Waals surface area contributed by atoms with Crippen LogP contribution in [0.3, 0.4) is 0 Å². The summed E-state index contributed by atoms with van der Waals surface area (Å²) in [5, 5.41) is 4.53. The summed E-state index contributed by atoms with van der Waals surface area (Å²) in [6, 6.07) is 10.3. The number of rotatable bonds is 5. The first-order valence-electron chi connectivity index (χ1n) is 7.08. The highest BCUT2D eigenvalue weighted by Gasteiger charge is 2.13. The number of para-hydroxylation sites is 1. The molecule has 108 valence electrons. The average Bonchev–Trinajstić information content (AvgIpc) is 3.17. The summed E-state index contributed by atoms with van der Waals surface area (Å²) >= 11 is 1.75. The summed E-state index contributed by atoms with van der Waals surface area (Å²) in [5.74, 6) is 0.835. The third-order valence-electron chi connectivity index (χ3n) is 3.31. The van der Waals surface area contributed by atoms with E-state index >= 15 is 0 Å². The standard InChI is InChI=1S/C16H18N4S/c1-3-14-11-18-15(21-14)12(2)19-16-17-9-10-20(16)13-7-5-4-6-8-13/h4-12H,3H2,1-2H3,(H,17,19). The zero-order chi connectivity index (χ0) is 14.7. The molecule has 3 aromatic rings. The number of imidazole rings is 1. The van der Waals surface area contributed by atoms with Gasteiger partial charge in [0.1, 0.15) is 5.01 Å². The Bertz CT molecular complexity index is 702. The fourth-order valence-corrected chi connectivity index (χ4v) is 3.01. The van der Waals surface area contributed by atoms with Gasteiger partial charge in [0, 0.05) is 29.2 Å². The van der Waals surface area contributed by atoms with Gasteiger partial charge in [0.15, 0.2) is 0 Å². The van der Waals surface area contributed by atoms with Crippen LogP contribution in [-0.2, 0) is 6.42 Å². The van der Waals surface area contributed by atoms with Crippen molar-refractivity contribution >= 4 is 17.3 Å². The van der Waals surface area contributed by atoms with E-state index in [0.717, 1.165) is 23.1 Å². The molecule has 0 spiro atoms. The van der Waals surface area contributed by atoms with Gasteiger partial charge in [-0.3, -0.25) is 4.57 Å². The van der Waals surface area contributed by atoms with E-state index < -0.39 is 0 Å². The first kappa shape index (κ1) is 13.8. The Balaban J connectivity index is 1.81. The van der Waals surface area contributed by atoms with E-state index in [4.69, 9.17) is 0 Å². The van der Waals surface area contributed by atoms with Crippen molar-refractivity contribution < 1.29 is 0 Å². The number of hydrogen-bond donors (Lipinski definition) is 1. The molecule has 1 N–H and O–H groups in total. The van der Waals surface area contributed by atoms with E-state index in [-0.39, 0.29) is 6.04 Å². The predicted octanol–water partition coefficient (Wildman–Crippen LogP) is 4.06. The molecule has 0 aliphatic rings. The molecule has 0 aliphatic heterocycles. The van der Waals surface area contributed by atoms with Crippen LogP contribution in [0.2, 0.25) is 0 Å². The molecule has 1 unspecified atom stereocenters. The predicted molar refractivity (Wildman–Crippen MR) is 87.1 cm³/mol. The van der Waals surface area contributed by atoms with Gasteiger partial charge in [0.25, 0.3) is 0 Å². The highest BCUT2D eigenvalue weighted by molar-refractivity contribution is 7.11. The van der Waals surface area contributed by atoms with Crippen molar-refractivity contribution in [3.8, 4) is 5.69 Å². The molecule has 5 heteroatoms. The molecule has 0 amide bonds. The van der Waals surface area contributed by atoms with Crippen molar-refractivity contribution in [3.63, 3.8) is 0 Å². The molecule has 0 aliphatic carbocycles. The third kappa shape index (κ3) is 2.97.